The maximum atomic E-state index is 12.9. The molecular weight excluding hydrogens is 482 g/mol. The fourth-order valence-corrected chi connectivity index (χ4v) is 3.90. The van der Waals surface area contributed by atoms with Gasteiger partial charge in [-0.25, -0.2) is 0 Å². The number of hydrogen-bond donors (Lipinski definition) is 2. The molecule has 1 aliphatic heterocycles. The largest absolute Gasteiger partial charge is 0.493 e. The smallest absolute Gasteiger partial charge is 0.253 e. The zero-order chi connectivity index (χ0) is 25.2. The van der Waals surface area contributed by atoms with Gasteiger partial charge in [0.1, 0.15) is 5.75 Å². The SMILES string of the molecule is COCCCOc1cc(CCC(=O)N=C(N)N)ccc1-c1ccc(C(=O)N2CCN(C)CC2)cc1.Cl. The number of nitrogens with two attached hydrogens (primary N) is 2. The first kappa shape index (κ1) is 29.1. The van der Waals surface area contributed by atoms with Crippen molar-refractivity contribution in [2.45, 2.75) is 19.3 Å². The van der Waals surface area contributed by atoms with Crippen molar-refractivity contribution in [2.75, 3.05) is 53.6 Å². The first-order valence-electron chi connectivity index (χ1n) is 11.8. The predicted octanol–water partition coefficient (Wildman–Crippen LogP) is 2.31. The molecule has 2 aromatic rings. The van der Waals surface area contributed by atoms with E-state index in [2.05, 4.69) is 16.9 Å². The van der Waals surface area contributed by atoms with Crippen LogP contribution in [0.5, 0.6) is 5.75 Å². The summed E-state index contributed by atoms with van der Waals surface area (Å²) in [6, 6.07) is 13.5. The zero-order valence-electron chi connectivity index (χ0n) is 20.9. The highest BCUT2D eigenvalue weighted by Crippen LogP contribution is 2.32. The Morgan fingerprint density at radius 2 is 1.69 bits per heavy atom. The number of carbonyl (C=O) groups excluding carboxylic acids is 2. The van der Waals surface area contributed by atoms with Crippen molar-refractivity contribution in [1.29, 1.82) is 0 Å². The van der Waals surface area contributed by atoms with Crippen LogP contribution in [0.1, 0.15) is 28.8 Å². The van der Waals surface area contributed by atoms with E-state index in [0.29, 0.717) is 30.9 Å². The van der Waals surface area contributed by atoms with E-state index in [0.717, 1.165) is 49.3 Å². The lowest BCUT2D eigenvalue weighted by Crippen LogP contribution is -2.47. The first-order valence-corrected chi connectivity index (χ1v) is 11.8. The van der Waals surface area contributed by atoms with E-state index < -0.39 is 0 Å². The van der Waals surface area contributed by atoms with Crippen LogP contribution >= 0.6 is 12.4 Å². The maximum absolute atomic E-state index is 12.9. The molecule has 0 unspecified atom stereocenters. The van der Waals surface area contributed by atoms with Crippen LogP contribution in [0.15, 0.2) is 47.5 Å². The molecule has 3 rings (SSSR count). The van der Waals surface area contributed by atoms with Gasteiger partial charge in [-0.05, 0) is 42.8 Å². The van der Waals surface area contributed by atoms with Crippen molar-refractivity contribution in [3.8, 4) is 16.9 Å². The van der Waals surface area contributed by atoms with Gasteiger partial charge >= 0.3 is 0 Å². The van der Waals surface area contributed by atoms with Crippen molar-refractivity contribution in [3.05, 3.63) is 53.6 Å². The number of likely N-dealkylation sites (N-methyl/N-ethyl adjacent to an activating group) is 1. The molecule has 1 saturated heterocycles. The molecular formula is C26H36ClN5O4. The average Bonchev–Trinajstić information content (AvgIpc) is 2.85. The first-order chi connectivity index (χ1) is 16.9. The minimum atomic E-state index is -0.364. The molecule has 0 radical (unpaired) electrons. The van der Waals surface area contributed by atoms with Gasteiger partial charge in [0.15, 0.2) is 5.96 Å². The summed E-state index contributed by atoms with van der Waals surface area (Å²) >= 11 is 0. The van der Waals surface area contributed by atoms with Gasteiger partial charge in [0.2, 0.25) is 5.91 Å². The number of carbonyl (C=O) groups is 2. The average molecular weight is 518 g/mol. The van der Waals surface area contributed by atoms with Gasteiger partial charge in [0.05, 0.1) is 6.61 Å². The van der Waals surface area contributed by atoms with Crippen molar-refractivity contribution >= 4 is 30.2 Å². The number of guanidine groups is 1. The van der Waals surface area contributed by atoms with E-state index in [4.69, 9.17) is 20.9 Å². The standard InChI is InChI=1S/C26H35N5O4.ClH/c1-30-12-14-31(15-13-30)25(33)21-8-6-20(7-9-21)22-10-4-19(5-11-24(32)29-26(27)28)18-23(22)35-17-3-16-34-2;/h4,6-10,18H,3,5,11-17H2,1-2H3,(H4,27,28,29,32);1H. The zero-order valence-corrected chi connectivity index (χ0v) is 21.8. The summed E-state index contributed by atoms with van der Waals surface area (Å²) in [6.07, 6.45) is 1.44. The quantitative estimate of drug-likeness (QED) is 0.281. The number of hydrogen-bond acceptors (Lipinski definition) is 5. The lowest BCUT2D eigenvalue weighted by atomic mass is 9.99. The lowest BCUT2D eigenvalue weighted by Gasteiger charge is -2.32. The number of halogens is 1. The molecule has 1 heterocycles. The summed E-state index contributed by atoms with van der Waals surface area (Å²) in [7, 11) is 3.73. The molecule has 0 spiro atoms. The molecule has 196 valence electrons. The summed E-state index contributed by atoms with van der Waals surface area (Å²) in [4.78, 5) is 32.4. The van der Waals surface area contributed by atoms with Gasteiger partial charge in [-0.3, -0.25) is 9.59 Å². The van der Waals surface area contributed by atoms with E-state index >= 15 is 0 Å². The third kappa shape index (κ3) is 8.51. The van der Waals surface area contributed by atoms with Crippen molar-refractivity contribution in [3.63, 3.8) is 0 Å². The summed E-state index contributed by atoms with van der Waals surface area (Å²) < 4.78 is 11.2. The van der Waals surface area contributed by atoms with Crippen LogP contribution in [0, 0.1) is 0 Å². The molecule has 2 amide bonds. The van der Waals surface area contributed by atoms with Crippen LogP contribution in [0.4, 0.5) is 0 Å². The van der Waals surface area contributed by atoms with Gasteiger partial charge in [-0.15, -0.1) is 12.4 Å². The number of rotatable bonds is 10. The Balaban J connectivity index is 0.00000456. The molecule has 9 nitrogen and oxygen atoms in total. The minimum Gasteiger partial charge on any atom is -0.493 e. The van der Waals surface area contributed by atoms with Crippen LogP contribution in [0.2, 0.25) is 0 Å². The highest BCUT2D eigenvalue weighted by molar-refractivity contribution is 5.95. The molecule has 36 heavy (non-hydrogen) atoms. The van der Waals surface area contributed by atoms with E-state index in [9.17, 15) is 9.59 Å². The summed E-state index contributed by atoms with van der Waals surface area (Å²) in [5.41, 5.74) is 14.0. The Hall–Kier alpha value is -3.14. The summed E-state index contributed by atoms with van der Waals surface area (Å²) in [6.45, 7) is 4.35. The molecule has 2 aromatic carbocycles. The highest BCUT2D eigenvalue weighted by atomic mass is 35.5. The minimum absolute atomic E-state index is 0. The molecule has 1 aliphatic rings. The van der Waals surface area contributed by atoms with Gasteiger partial charge in [0.25, 0.3) is 5.91 Å². The topological polar surface area (TPSA) is 123 Å². The molecule has 0 aromatic heterocycles. The Morgan fingerprint density at radius 1 is 1.00 bits per heavy atom. The number of amides is 2. The van der Waals surface area contributed by atoms with Crippen LogP contribution < -0.4 is 16.2 Å². The maximum Gasteiger partial charge on any atom is 0.253 e. The Kier molecular flexibility index (Phi) is 11.7. The second kappa shape index (κ2) is 14.4. The third-order valence-corrected chi connectivity index (χ3v) is 5.91. The fourth-order valence-electron chi connectivity index (χ4n) is 3.90. The van der Waals surface area contributed by atoms with Crippen molar-refractivity contribution in [2.24, 2.45) is 16.5 Å². The van der Waals surface area contributed by atoms with Crippen LogP contribution in [-0.2, 0) is 16.0 Å². The Morgan fingerprint density at radius 3 is 2.33 bits per heavy atom. The second-order valence-electron chi connectivity index (χ2n) is 8.63. The van der Waals surface area contributed by atoms with Gasteiger partial charge in [-0.2, -0.15) is 4.99 Å². The molecule has 0 bridgehead atoms. The number of nitrogens with zero attached hydrogens (tertiary/aromatic N) is 3. The molecule has 0 aliphatic carbocycles. The number of aryl methyl sites for hydroxylation is 1. The predicted molar refractivity (Wildman–Crippen MR) is 144 cm³/mol. The Bertz CT molecular complexity index is 1030. The fraction of sp³-hybridized carbons (Fsp3) is 0.423. The lowest BCUT2D eigenvalue weighted by molar-refractivity contribution is -0.117. The molecule has 10 heteroatoms. The number of benzene rings is 2. The van der Waals surface area contributed by atoms with Gasteiger partial charge < -0.3 is 30.7 Å². The highest BCUT2D eigenvalue weighted by Gasteiger charge is 2.20. The van der Waals surface area contributed by atoms with E-state index in [1.54, 1.807) is 7.11 Å². The van der Waals surface area contributed by atoms with Gasteiger partial charge in [0, 0.05) is 63.9 Å². The monoisotopic (exact) mass is 517 g/mol. The van der Waals surface area contributed by atoms with Crippen molar-refractivity contribution < 1.29 is 19.1 Å². The number of ether oxygens (including phenoxy) is 2. The summed E-state index contributed by atoms with van der Waals surface area (Å²) in [5, 5.41) is 0. The molecule has 1 fully saturated rings. The van der Waals surface area contributed by atoms with Crippen molar-refractivity contribution in [1.82, 2.24) is 9.80 Å². The third-order valence-electron chi connectivity index (χ3n) is 5.91. The molecule has 4 N–H and O–H groups in total. The van der Waals surface area contributed by atoms with E-state index in [1.165, 1.54) is 0 Å². The number of methoxy groups -OCH3 is 1. The second-order valence-corrected chi connectivity index (χ2v) is 8.63. The molecule has 0 saturated carbocycles. The van der Waals surface area contributed by atoms with E-state index in [-0.39, 0.29) is 36.6 Å². The van der Waals surface area contributed by atoms with Gasteiger partial charge in [-0.1, -0.05) is 24.3 Å². The number of piperazine rings is 1. The van der Waals surface area contributed by atoms with Crippen LogP contribution in [0.3, 0.4) is 0 Å². The summed E-state index contributed by atoms with van der Waals surface area (Å²) in [5.74, 6) is 0.173. The van der Waals surface area contributed by atoms with Crippen LogP contribution in [0.25, 0.3) is 11.1 Å². The van der Waals surface area contributed by atoms with Crippen LogP contribution in [-0.4, -0.2) is 81.1 Å². The Labute approximate surface area is 218 Å². The number of aliphatic imine (C=N–C) groups is 1. The van der Waals surface area contributed by atoms with E-state index in [1.807, 2.05) is 47.4 Å². The normalized spacial score (nSPS) is 13.6. The molecule has 0 atom stereocenters.